The Morgan fingerprint density at radius 2 is 1.84 bits per heavy atom. The van der Waals surface area contributed by atoms with E-state index in [2.05, 4.69) is 62.2 Å². The number of fused-ring (bicyclic) bond motifs is 2. The van der Waals surface area contributed by atoms with Crippen molar-refractivity contribution in [2.75, 3.05) is 19.6 Å². The van der Waals surface area contributed by atoms with E-state index >= 15 is 0 Å². The highest BCUT2D eigenvalue weighted by Gasteiger charge is 2.49. The van der Waals surface area contributed by atoms with Crippen molar-refractivity contribution in [3.8, 4) is 0 Å². The van der Waals surface area contributed by atoms with Gasteiger partial charge in [-0.1, -0.05) is 11.3 Å². The smallest absolute Gasteiger partial charge is 0.250 e. The second-order valence-electron chi connectivity index (χ2n) is 11.1. The van der Waals surface area contributed by atoms with Gasteiger partial charge in [-0.3, -0.25) is 9.69 Å². The summed E-state index contributed by atoms with van der Waals surface area (Å²) >= 11 is 0. The van der Waals surface area contributed by atoms with E-state index in [0.29, 0.717) is 36.7 Å². The molecule has 1 aromatic carbocycles. The van der Waals surface area contributed by atoms with Crippen LogP contribution in [0.25, 0.3) is 0 Å². The van der Waals surface area contributed by atoms with Gasteiger partial charge in [0.25, 0.3) is 0 Å². The van der Waals surface area contributed by atoms with Gasteiger partial charge < -0.3 is 16.5 Å². The van der Waals surface area contributed by atoms with Crippen molar-refractivity contribution in [2.45, 2.75) is 65.5 Å². The number of rotatable bonds is 5. The Morgan fingerprint density at radius 3 is 2.50 bits per heavy atom. The number of hydrogen-bond acceptors (Lipinski definition) is 6. The predicted molar refractivity (Wildman–Crippen MR) is 151 cm³/mol. The number of hydrogen-bond donors (Lipinski definition) is 2. The van der Waals surface area contributed by atoms with E-state index in [0.717, 1.165) is 66.3 Å². The molecule has 3 unspecified atom stereocenters. The molecule has 1 saturated heterocycles. The molecule has 0 radical (unpaired) electrons. The van der Waals surface area contributed by atoms with Crippen LogP contribution in [0.4, 0.5) is 5.69 Å². The second kappa shape index (κ2) is 10.6. The summed E-state index contributed by atoms with van der Waals surface area (Å²) in [6.45, 7) is 10.4. The maximum atomic E-state index is 13.3. The van der Waals surface area contributed by atoms with Crippen LogP contribution in [0.5, 0.6) is 0 Å². The number of benzene rings is 1. The van der Waals surface area contributed by atoms with Crippen LogP contribution in [0.3, 0.4) is 0 Å². The molecule has 2 heterocycles. The van der Waals surface area contributed by atoms with Crippen LogP contribution >= 0.6 is 0 Å². The van der Waals surface area contributed by atoms with Gasteiger partial charge in [-0.25, -0.2) is 9.98 Å². The monoisotopic (exact) mass is 514 g/mol. The van der Waals surface area contributed by atoms with Crippen molar-refractivity contribution in [1.29, 1.82) is 0 Å². The number of piperidine rings is 1. The van der Waals surface area contributed by atoms with Gasteiger partial charge in [0.1, 0.15) is 5.84 Å². The molecule has 1 aromatic rings. The first-order chi connectivity index (χ1) is 18.2. The summed E-state index contributed by atoms with van der Waals surface area (Å²) in [6, 6.07) is 7.00. The number of likely N-dealkylation sites (tertiary alicyclic amines) is 1. The number of aryl methyl sites for hydroxylation is 2. The number of aliphatic imine (C=N–C) groups is 2. The molecule has 2 aliphatic heterocycles. The average molecular weight is 515 g/mol. The minimum atomic E-state index is 0.171. The highest BCUT2D eigenvalue weighted by atomic mass is 16.2. The molecule has 4 N–H and O–H groups in total. The van der Waals surface area contributed by atoms with Crippen LogP contribution in [0.2, 0.25) is 0 Å². The van der Waals surface area contributed by atoms with Crippen molar-refractivity contribution in [3.05, 3.63) is 63.5 Å². The van der Waals surface area contributed by atoms with E-state index < -0.39 is 0 Å². The number of carbonyl (C=O) groups is 1. The van der Waals surface area contributed by atoms with Gasteiger partial charge in [0.05, 0.1) is 11.4 Å². The lowest BCUT2D eigenvalue weighted by atomic mass is 9.95. The SMILES string of the molecule is CC(N=CC1=C(N)CN(C2CC3CC2CN3C(=O)C2=CC(C)=C(N=NN)CC2)C1)=Nc1cc(C)cc(C)c1. The van der Waals surface area contributed by atoms with Crippen LogP contribution in [0.15, 0.2) is 72.7 Å². The Balaban J connectivity index is 1.18. The number of amidine groups is 1. The fourth-order valence-electron chi connectivity index (χ4n) is 6.50. The number of amides is 1. The minimum Gasteiger partial charge on any atom is -0.401 e. The van der Waals surface area contributed by atoms with Crippen molar-refractivity contribution in [2.24, 2.45) is 37.8 Å². The molecule has 5 rings (SSSR count). The van der Waals surface area contributed by atoms with Crippen LogP contribution in [0, 0.1) is 19.8 Å². The van der Waals surface area contributed by atoms with Crippen molar-refractivity contribution in [1.82, 2.24) is 9.80 Å². The largest absolute Gasteiger partial charge is 0.401 e. The molecule has 200 valence electrons. The minimum absolute atomic E-state index is 0.171. The molecule has 0 spiro atoms. The van der Waals surface area contributed by atoms with E-state index in [1.54, 1.807) is 0 Å². The topological polar surface area (TPSA) is 125 Å². The van der Waals surface area contributed by atoms with Crippen LogP contribution in [-0.2, 0) is 4.79 Å². The first-order valence-corrected chi connectivity index (χ1v) is 13.4. The molecule has 2 bridgehead atoms. The summed E-state index contributed by atoms with van der Waals surface area (Å²) < 4.78 is 0. The molecule has 1 amide bonds. The number of carbonyl (C=O) groups excluding carboxylic acids is 1. The predicted octanol–water partition coefficient (Wildman–Crippen LogP) is 4.26. The quantitative estimate of drug-likeness (QED) is 0.200. The number of nitrogens with two attached hydrogens (primary N) is 2. The summed E-state index contributed by atoms with van der Waals surface area (Å²) in [5.74, 6) is 6.56. The average Bonchev–Trinajstić information content (AvgIpc) is 3.57. The summed E-state index contributed by atoms with van der Waals surface area (Å²) in [7, 11) is 0. The van der Waals surface area contributed by atoms with Gasteiger partial charge >= 0.3 is 0 Å². The van der Waals surface area contributed by atoms with E-state index in [-0.39, 0.29) is 5.91 Å². The lowest BCUT2D eigenvalue weighted by molar-refractivity contribution is -0.129. The Morgan fingerprint density at radius 1 is 1.08 bits per heavy atom. The number of allylic oxidation sites excluding steroid dienone is 3. The summed E-state index contributed by atoms with van der Waals surface area (Å²) in [5, 5.41) is 7.38. The van der Waals surface area contributed by atoms with Gasteiger partial charge in [-0.15, -0.1) is 5.11 Å². The molecule has 0 aromatic heterocycles. The van der Waals surface area contributed by atoms with E-state index in [1.165, 1.54) is 11.1 Å². The van der Waals surface area contributed by atoms with Gasteiger partial charge in [0.15, 0.2) is 0 Å². The lowest BCUT2D eigenvalue weighted by Crippen LogP contribution is -2.48. The van der Waals surface area contributed by atoms with Crippen LogP contribution in [0.1, 0.15) is 50.7 Å². The zero-order chi connectivity index (χ0) is 27.0. The zero-order valence-corrected chi connectivity index (χ0v) is 22.8. The van der Waals surface area contributed by atoms with Crippen molar-refractivity contribution < 1.29 is 4.79 Å². The Labute approximate surface area is 224 Å². The molecule has 2 aliphatic carbocycles. The maximum Gasteiger partial charge on any atom is 0.250 e. The summed E-state index contributed by atoms with van der Waals surface area (Å²) in [6.07, 6.45) is 7.28. The third-order valence-corrected chi connectivity index (χ3v) is 8.23. The molecule has 2 fully saturated rings. The van der Waals surface area contributed by atoms with Gasteiger partial charge in [0, 0.05) is 54.8 Å². The fraction of sp³-hybridized carbons (Fsp3) is 0.483. The van der Waals surface area contributed by atoms with Crippen LogP contribution in [-0.4, -0.2) is 59.5 Å². The van der Waals surface area contributed by atoms with Gasteiger partial charge in [-0.2, -0.15) is 0 Å². The summed E-state index contributed by atoms with van der Waals surface area (Å²) in [4.78, 5) is 27.2. The maximum absolute atomic E-state index is 13.3. The second-order valence-corrected chi connectivity index (χ2v) is 11.1. The number of nitrogens with zero attached hydrogens (tertiary/aromatic N) is 6. The third kappa shape index (κ3) is 5.34. The normalized spacial score (nSPS) is 26.5. The highest BCUT2D eigenvalue weighted by molar-refractivity contribution is 5.95. The van der Waals surface area contributed by atoms with Crippen molar-refractivity contribution >= 4 is 23.6 Å². The molecule has 3 atom stereocenters. The first-order valence-electron chi connectivity index (χ1n) is 13.4. The summed E-state index contributed by atoms with van der Waals surface area (Å²) in [5.41, 5.74) is 14.4. The zero-order valence-electron chi connectivity index (χ0n) is 22.8. The first kappa shape index (κ1) is 26.0. The Hall–Kier alpha value is -3.59. The molecule has 9 nitrogen and oxygen atoms in total. The molecule has 4 aliphatic rings. The Kier molecular flexibility index (Phi) is 7.29. The van der Waals surface area contributed by atoms with Gasteiger partial charge in [-0.05, 0) is 94.2 Å². The molecular formula is C29H38N8O. The molecular weight excluding hydrogens is 476 g/mol. The Bertz CT molecular complexity index is 1300. The van der Waals surface area contributed by atoms with E-state index in [9.17, 15) is 4.79 Å². The third-order valence-electron chi connectivity index (χ3n) is 8.23. The lowest BCUT2D eigenvalue weighted by Gasteiger charge is -2.37. The highest BCUT2D eigenvalue weighted by Crippen LogP contribution is 2.42. The standard InChI is InChI=1S/C29H38N8O/c1-17-7-18(2)9-24(8-17)33-20(4)32-13-23-14-36(16-26(23)30)28-12-25-11-22(28)15-37(25)29(38)21-5-6-27(34-35-31)19(3)10-21/h7-10,13,22,25,28H,5-6,11-12,14-16,30H2,1-4H3,(H2,31,34). The molecule has 9 heteroatoms. The van der Waals surface area contributed by atoms with E-state index in [4.69, 9.17) is 11.6 Å². The van der Waals surface area contributed by atoms with Gasteiger partial charge in [0.2, 0.25) is 5.91 Å². The molecule has 38 heavy (non-hydrogen) atoms. The van der Waals surface area contributed by atoms with Crippen molar-refractivity contribution in [3.63, 3.8) is 0 Å². The van der Waals surface area contributed by atoms with E-state index in [1.807, 2.05) is 26.1 Å². The fourth-order valence-corrected chi connectivity index (χ4v) is 6.50. The van der Waals surface area contributed by atoms with Crippen LogP contribution < -0.4 is 11.6 Å². The molecule has 1 saturated carbocycles.